The van der Waals surface area contributed by atoms with Crippen LogP contribution in [0.3, 0.4) is 0 Å². The minimum atomic E-state index is -0.438. The van der Waals surface area contributed by atoms with Crippen molar-refractivity contribution < 1.29 is 19.2 Å². The molecule has 0 aromatic heterocycles. The van der Waals surface area contributed by atoms with Gasteiger partial charge in [-0.25, -0.2) is 0 Å². The first-order valence-electron chi connectivity index (χ1n) is 8.51. The molecule has 0 saturated heterocycles. The summed E-state index contributed by atoms with van der Waals surface area (Å²) < 4.78 is 11.3. The van der Waals surface area contributed by atoms with Gasteiger partial charge in [0.2, 0.25) is 5.91 Å². The minimum absolute atomic E-state index is 0.0240. The topological polar surface area (TPSA) is 90.7 Å². The molecule has 0 fully saturated rings. The second-order valence-corrected chi connectivity index (χ2v) is 5.91. The zero-order chi connectivity index (χ0) is 18.7. The molecule has 0 spiro atoms. The van der Waals surface area contributed by atoms with Crippen molar-refractivity contribution in [2.75, 3.05) is 18.5 Å². The molecule has 26 heavy (non-hydrogen) atoms. The van der Waals surface area contributed by atoms with Gasteiger partial charge in [0.1, 0.15) is 0 Å². The summed E-state index contributed by atoms with van der Waals surface area (Å²) in [7, 11) is 0. The molecule has 1 aliphatic heterocycles. The molecule has 0 aliphatic carbocycles. The van der Waals surface area contributed by atoms with E-state index in [0.29, 0.717) is 30.4 Å². The molecule has 0 radical (unpaired) electrons. The van der Waals surface area contributed by atoms with Gasteiger partial charge in [0.05, 0.1) is 18.1 Å². The zero-order valence-electron chi connectivity index (χ0n) is 14.7. The van der Waals surface area contributed by atoms with Crippen molar-refractivity contribution in [2.24, 2.45) is 0 Å². The van der Waals surface area contributed by atoms with Crippen molar-refractivity contribution >= 4 is 17.3 Å². The number of nitrogens with one attached hydrogen (secondary N) is 1. The molecule has 1 atom stereocenters. The molecule has 1 amide bonds. The largest absolute Gasteiger partial charge is 0.490 e. The number of non-ortho nitro benzene ring substituents is 1. The SMILES string of the molecule is CCOc1cc2c(cc1OCC)[C@H](c1ccc([N+](=O)[O-])cc1)CC(=O)N2. The summed E-state index contributed by atoms with van der Waals surface area (Å²) in [6, 6.07) is 9.97. The molecule has 7 heteroatoms. The molecule has 1 N–H and O–H groups in total. The van der Waals surface area contributed by atoms with Crippen LogP contribution in [-0.2, 0) is 4.79 Å². The van der Waals surface area contributed by atoms with Gasteiger partial charge in [-0.2, -0.15) is 0 Å². The number of amides is 1. The lowest BCUT2D eigenvalue weighted by molar-refractivity contribution is -0.384. The van der Waals surface area contributed by atoms with Gasteiger partial charge in [-0.05, 0) is 31.0 Å². The Balaban J connectivity index is 2.05. The Bertz CT molecular complexity index is 833. The summed E-state index contributed by atoms with van der Waals surface area (Å²) in [4.78, 5) is 22.6. The first-order chi connectivity index (χ1) is 12.5. The van der Waals surface area contributed by atoms with E-state index in [2.05, 4.69) is 5.32 Å². The molecule has 1 aliphatic rings. The van der Waals surface area contributed by atoms with Crippen molar-refractivity contribution in [3.8, 4) is 11.5 Å². The maximum Gasteiger partial charge on any atom is 0.269 e. The number of rotatable bonds is 6. The molecule has 0 saturated carbocycles. The van der Waals surface area contributed by atoms with E-state index in [1.54, 1.807) is 18.2 Å². The molecular weight excluding hydrogens is 336 g/mol. The van der Waals surface area contributed by atoms with Crippen LogP contribution in [0.2, 0.25) is 0 Å². The molecule has 0 bridgehead atoms. The van der Waals surface area contributed by atoms with Crippen LogP contribution < -0.4 is 14.8 Å². The van der Waals surface area contributed by atoms with Gasteiger partial charge in [-0.1, -0.05) is 12.1 Å². The normalized spacial score (nSPS) is 15.8. The maximum atomic E-state index is 12.2. The lowest BCUT2D eigenvalue weighted by Gasteiger charge is -2.27. The van der Waals surface area contributed by atoms with Crippen LogP contribution in [0.25, 0.3) is 0 Å². The third-order valence-corrected chi connectivity index (χ3v) is 4.26. The molecule has 3 rings (SSSR count). The van der Waals surface area contributed by atoms with Crippen LogP contribution in [0.15, 0.2) is 36.4 Å². The summed E-state index contributed by atoms with van der Waals surface area (Å²) in [6.07, 6.45) is 0.268. The van der Waals surface area contributed by atoms with Crippen molar-refractivity contribution in [2.45, 2.75) is 26.2 Å². The smallest absolute Gasteiger partial charge is 0.269 e. The fourth-order valence-electron chi connectivity index (χ4n) is 3.13. The summed E-state index contributed by atoms with van der Waals surface area (Å²) in [5, 5.41) is 13.7. The quantitative estimate of drug-likeness (QED) is 0.627. The van der Waals surface area contributed by atoms with Gasteiger partial charge in [0, 0.05) is 36.2 Å². The average molecular weight is 356 g/mol. The first kappa shape index (κ1) is 17.7. The second-order valence-electron chi connectivity index (χ2n) is 5.91. The Kier molecular flexibility index (Phi) is 5.06. The molecule has 7 nitrogen and oxygen atoms in total. The van der Waals surface area contributed by atoms with E-state index in [1.807, 2.05) is 19.9 Å². The third-order valence-electron chi connectivity index (χ3n) is 4.26. The van der Waals surface area contributed by atoms with Crippen molar-refractivity contribution in [1.29, 1.82) is 0 Å². The first-order valence-corrected chi connectivity index (χ1v) is 8.51. The monoisotopic (exact) mass is 356 g/mol. The molecule has 2 aromatic carbocycles. The number of benzene rings is 2. The molecule has 2 aromatic rings. The highest BCUT2D eigenvalue weighted by molar-refractivity contribution is 5.96. The van der Waals surface area contributed by atoms with E-state index >= 15 is 0 Å². The number of nitro benzene ring substituents is 1. The number of ether oxygens (including phenoxy) is 2. The summed E-state index contributed by atoms with van der Waals surface area (Å²) >= 11 is 0. The number of nitrogens with zero attached hydrogens (tertiary/aromatic N) is 1. The number of anilines is 1. The van der Waals surface area contributed by atoms with E-state index in [0.717, 1.165) is 11.1 Å². The van der Waals surface area contributed by atoms with Gasteiger partial charge < -0.3 is 14.8 Å². The molecule has 1 heterocycles. The lowest BCUT2D eigenvalue weighted by atomic mass is 9.84. The summed E-state index contributed by atoms with van der Waals surface area (Å²) in [5.74, 6) is 0.899. The van der Waals surface area contributed by atoms with Gasteiger partial charge in [-0.3, -0.25) is 14.9 Å². The predicted molar refractivity (Wildman–Crippen MR) is 97.0 cm³/mol. The van der Waals surface area contributed by atoms with Gasteiger partial charge in [-0.15, -0.1) is 0 Å². The highest BCUT2D eigenvalue weighted by atomic mass is 16.6. The zero-order valence-corrected chi connectivity index (χ0v) is 14.7. The van der Waals surface area contributed by atoms with Crippen LogP contribution in [0, 0.1) is 10.1 Å². The van der Waals surface area contributed by atoms with Crippen molar-refractivity contribution in [3.63, 3.8) is 0 Å². The number of hydrogen-bond acceptors (Lipinski definition) is 5. The van der Waals surface area contributed by atoms with Crippen LogP contribution in [0.1, 0.15) is 37.3 Å². The number of carbonyl (C=O) groups is 1. The number of hydrogen-bond donors (Lipinski definition) is 1. The molecule has 0 unspecified atom stereocenters. The van der Waals surface area contributed by atoms with Crippen LogP contribution >= 0.6 is 0 Å². The predicted octanol–water partition coefficient (Wildman–Crippen LogP) is 3.87. The third kappa shape index (κ3) is 3.46. The Morgan fingerprint density at radius 1 is 1.12 bits per heavy atom. The Morgan fingerprint density at radius 3 is 2.31 bits per heavy atom. The average Bonchev–Trinajstić information content (AvgIpc) is 2.62. The Labute approximate surface area is 151 Å². The second kappa shape index (κ2) is 7.43. The Hall–Kier alpha value is -3.09. The van der Waals surface area contributed by atoms with Gasteiger partial charge >= 0.3 is 0 Å². The van der Waals surface area contributed by atoms with Crippen LogP contribution in [0.4, 0.5) is 11.4 Å². The molecular formula is C19H20N2O5. The standard InChI is InChI=1S/C19H20N2O5/c1-3-25-17-9-15-14(12-5-7-13(8-6-12)21(23)24)10-19(22)20-16(15)11-18(17)26-4-2/h5-9,11,14H,3-4,10H2,1-2H3,(H,20,22)/t14-/m0/s1. The van der Waals surface area contributed by atoms with Crippen molar-refractivity contribution in [1.82, 2.24) is 0 Å². The van der Waals surface area contributed by atoms with Crippen LogP contribution in [-0.4, -0.2) is 24.0 Å². The van der Waals surface area contributed by atoms with Crippen molar-refractivity contribution in [3.05, 3.63) is 57.6 Å². The van der Waals surface area contributed by atoms with E-state index in [-0.39, 0.29) is 23.9 Å². The number of carbonyl (C=O) groups excluding carboxylic acids is 1. The number of nitro groups is 1. The fourth-order valence-corrected chi connectivity index (χ4v) is 3.13. The van der Waals surface area contributed by atoms with Crippen LogP contribution in [0.5, 0.6) is 11.5 Å². The summed E-state index contributed by atoms with van der Waals surface area (Å²) in [5.41, 5.74) is 2.45. The number of fused-ring (bicyclic) bond motifs is 1. The minimum Gasteiger partial charge on any atom is -0.490 e. The summed E-state index contributed by atoms with van der Waals surface area (Å²) in [6.45, 7) is 4.75. The molecule has 136 valence electrons. The fraction of sp³-hybridized carbons (Fsp3) is 0.316. The highest BCUT2D eigenvalue weighted by Gasteiger charge is 2.29. The van der Waals surface area contributed by atoms with Gasteiger partial charge in [0.15, 0.2) is 11.5 Å². The maximum absolute atomic E-state index is 12.2. The van der Waals surface area contributed by atoms with E-state index in [9.17, 15) is 14.9 Å². The highest BCUT2D eigenvalue weighted by Crippen LogP contribution is 2.43. The van der Waals surface area contributed by atoms with Gasteiger partial charge in [0.25, 0.3) is 5.69 Å². The van der Waals surface area contributed by atoms with E-state index in [1.165, 1.54) is 12.1 Å². The van der Waals surface area contributed by atoms with E-state index < -0.39 is 4.92 Å². The Morgan fingerprint density at radius 2 is 1.73 bits per heavy atom. The lowest BCUT2D eigenvalue weighted by Crippen LogP contribution is -2.23. The van der Waals surface area contributed by atoms with E-state index in [4.69, 9.17) is 9.47 Å².